The number of carbonyl (C=O) groups excluding carboxylic acids is 1. The van der Waals surface area contributed by atoms with E-state index in [2.05, 4.69) is 4.72 Å². The fourth-order valence-corrected chi connectivity index (χ4v) is 6.73. The van der Waals surface area contributed by atoms with Crippen LogP contribution in [0.15, 0.2) is 59.5 Å². The van der Waals surface area contributed by atoms with Gasteiger partial charge in [-0.05, 0) is 85.2 Å². The van der Waals surface area contributed by atoms with Gasteiger partial charge in [0.15, 0.2) is 0 Å². The Kier molecular flexibility index (Phi) is 7.53. The number of fused-ring (bicyclic) bond motifs is 2. The van der Waals surface area contributed by atoms with E-state index in [9.17, 15) is 18.0 Å². The van der Waals surface area contributed by atoms with Crippen molar-refractivity contribution in [2.45, 2.75) is 73.8 Å². The van der Waals surface area contributed by atoms with Gasteiger partial charge in [-0.1, -0.05) is 30.2 Å². The van der Waals surface area contributed by atoms with E-state index in [0.29, 0.717) is 33.6 Å². The van der Waals surface area contributed by atoms with Crippen LogP contribution in [-0.4, -0.2) is 25.0 Å². The Morgan fingerprint density at radius 2 is 1.78 bits per heavy atom. The number of nitrogens with zero attached hydrogens (tertiary/aromatic N) is 1. The Morgan fingerprint density at radius 3 is 2.41 bits per heavy atom. The minimum absolute atomic E-state index is 0.0168. The molecule has 1 aliphatic heterocycles. The Hall–Kier alpha value is -3.04. The summed E-state index contributed by atoms with van der Waals surface area (Å²) in [5, 5.41) is 0.306. The number of anilines is 2. The molecule has 216 valence electrons. The number of carbonyl (C=O) groups is 1. The molecule has 0 unspecified atom stereocenters. The summed E-state index contributed by atoms with van der Waals surface area (Å²) in [6.07, 6.45) is 1.95. The van der Waals surface area contributed by atoms with Gasteiger partial charge in [0.2, 0.25) is 11.8 Å². The molecular formula is C31H30ClF3N2O3S. The normalized spacial score (nSPS) is 19.1. The molecule has 1 heterocycles. The van der Waals surface area contributed by atoms with Crippen LogP contribution in [0.1, 0.15) is 56.1 Å². The molecule has 2 fully saturated rings. The number of methoxy groups -OCH3 is 1. The van der Waals surface area contributed by atoms with Crippen LogP contribution < -0.4 is 19.1 Å². The average Bonchev–Trinajstić information content (AvgIpc) is 3.17. The average molecular weight is 603 g/mol. The van der Waals surface area contributed by atoms with Crippen LogP contribution in [-0.2, 0) is 16.8 Å². The van der Waals surface area contributed by atoms with Gasteiger partial charge in [-0.2, -0.15) is 0 Å². The van der Waals surface area contributed by atoms with E-state index < -0.39 is 23.3 Å². The number of rotatable bonds is 8. The molecule has 0 saturated heterocycles. The Balaban J connectivity index is 1.37. The van der Waals surface area contributed by atoms with Crippen LogP contribution >= 0.6 is 23.5 Å². The van der Waals surface area contributed by atoms with E-state index >= 15 is 0 Å². The summed E-state index contributed by atoms with van der Waals surface area (Å²) in [7, 11) is 1.60. The lowest BCUT2D eigenvalue weighted by molar-refractivity contribution is -0.126. The highest BCUT2D eigenvalue weighted by Gasteiger charge is 2.55. The second-order valence-electron chi connectivity index (χ2n) is 11.0. The molecule has 0 aromatic heterocycles. The number of nitrogens with one attached hydrogen (secondary N) is 1. The van der Waals surface area contributed by atoms with Crippen LogP contribution in [0.3, 0.4) is 0 Å². The first-order valence-corrected chi connectivity index (χ1v) is 14.9. The summed E-state index contributed by atoms with van der Waals surface area (Å²) in [5.41, 5.74) is 2.47. The highest BCUT2D eigenvalue weighted by molar-refractivity contribution is 8.00. The van der Waals surface area contributed by atoms with Crippen molar-refractivity contribution in [2.24, 2.45) is 0 Å². The van der Waals surface area contributed by atoms with Crippen molar-refractivity contribution in [2.75, 3.05) is 16.7 Å². The molecule has 3 aromatic rings. The van der Waals surface area contributed by atoms with Crippen molar-refractivity contribution < 1.29 is 27.4 Å². The lowest BCUT2D eigenvalue weighted by atomic mass is 9.65. The van der Waals surface area contributed by atoms with Gasteiger partial charge in [0.1, 0.15) is 17.3 Å². The molecule has 1 amide bonds. The summed E-state index contributed by atoms with van der Waals surface area (Å²) in [4.78, 5) is 16.2. The Bertz CT molecular complexity index is 1460. The van der Waals surface area contributed by atoms with Gasteiger partial charge < -0.3 is 19.1 Å². The van der Waals surface area contributed by atoms with Gasteiger partial charge in [-0.15, -0.1) is 0 Å². The van der Waals surface area contributed by atoms with Crippen LogP contribution in [0.2, 0.25) is 5.02 Å². The highest BCUT2D eigenvalue weighted by Crippen LogP contribution is 2.58. The molecule has 0 atom stereocenters. The molecule has 1 N–H and O–H groups in total. The zero-order chi connectivity index (χ0) is 28.8. The third-order valence-electron chi connectivity index (χ3n) is 8.35. The molecule has 41 heavy (non-hydrogen) atoms. The summed E-state index contributed by atoms with van der Waals surface area (Å²) < 4.78 is 57.3. The zero-order valence-electron chi connectivity index (χ0n) is 22.5. The smallest absolute Gasteiger partial charge is 0.248 e. The first kappa shape index (κ1) is 28.1. The quantitative estimate of drug-likeness (QED) is 0.262. The van der Waals surface area contributed by atoms with Gasteiger partial charge in [0.05, 0.1) is 35.8 Å². The molecule has 5 nitrogen and oxygen atoms in total. The van der Waals surface area contributed by atoms with Gasteiger partial charge in [-0.3, -0.25) is 4.79 Å². The molecule has 6 rings (SSSR count). The fourth-order valence-electron chi connectivity index (χ4n) is 5.94. The molecule has 2 aliphatic carbocycles. The molecular weight excluding hydrogens is 573 g/mol. The number of ether oxygens (including phenoxy) is 2. The third kappa shape index (κ3) is 5.46. The van der Waals surface area contributed by atoms with Crippen molar-refractivity contribution in [3.63, 3.8) is 0 Å². The second kappa shape index (κ2) is 11.0. The summed E-state index contributed by atoms with van der Waals surface area (Å²) in [6, 6.07) is 15.8. The SMILES string of the molecule is COc1ccc(CN2C(=O)C3(CCC3)c3cc(NSc4ccc(Cl)cc4F)cc(OC4CCC(F)(F)CC4)c32)cc1. The third-order valence-corrected chi connectivity index (χ3v) is 9.48. The molecule has 10 heteroatoms. The number of benzene rings is 3. The monoisotopic (exact) mass is 602 g/mol. The van der Waals surface area contributed by atoms with E-state index in [1.165, 1.54) is 6.07 Å². The lowest BCUT2D eigenvalue weighted by Crippen LogP contribution is -2.44. The molecule has 3 aromatic carbocycles. The largest absolute Gasteiger partial charge is 0.497 e. The predicted molar refractivity (Wildman–Crippen MR) is 155 cm³/mol. The lowest BCUT2D eigenvalue weighted by Gasteiger charge is -2.37. The predicted octanol–water partition coefficient (Wildman–Crippen LogP) is 8.53. The van der Waals surface area contributed by atoms with Crippen molar-refractivity contribution >= 4 is 40.8 Å². The van der Waals surface area contributed by atoms with Gasteiger partial charge in [-0.25, -0.2) is 13.2 Å². The van der Waals surface area contributed by atoms with Crippen LogP contribution in [0.4, 0.5) is 24.5 Å². The van der Waals surface area contributed by atoms with Gasteiger partial charge in [0, 0.05) is 29.6 Å². The molecule has 0 bridgehead atoms. The number of alkyl halides is 2. The standard InChI is InChI=1S/C31H30ClF3N2O3S/c1-39-22-6-3-19(4-7-22)18-37-28-24(30(29(37)38)11-2-12-30)16-21(36-41-27-8-5-20(32)15-25(27)33)17-26(28)40-23-9-13-31(34,35)14-10-23/h3-8,15-17,23,36H,2,9-14,18H2,1H3. The van der Waals surface area contributed by atoms with Crippen molar-refractivity contribution in [1.82, 2.24) is 0 Å². The molecule has 3 aliphatic rings. The topological polar surface area (TPSA) is 50.8 Å². The summed E-state index contributed by atoms with van der Waals surface area (Å²) >= 11 is 7.00. The number of halogens is 4. The second-order valence-corrected chi connectivity index (χ2v) is 12.3. The summed E-state index contributed by atoms with van der Waals surface area (Å²) in [6.45, 7) is 0.341. The van der Waals surface area contributed by atoms with Crippen LogP contribution in [0, 0.1) is 5.82 Å². The fraction of sp³-hybridized carbons (Fsp3) is 0.387. The van der Waals surface area contributed by atoms with Crippen molar-refractivity contribution in [1.29, 1.82) is 0 Å². The number of hydrogen-bond acceptors (Lipinski definition) is 5. The van der Waals surface area contributed by atoms with E-state index in [1.54, 1.807) is 30.2 Å². The van der Waals surface area contributed by atoms with E-state index in [-0.39, 0.29) is 31.6 Å². The van der Waals surface area contributed by atoms with E-state index in [0.717, 1.165) is 48.1 Å². The van der Waals surface area contributed by atoms with E-state index in [1.807, 2.05) is 30.3 Å². The molecule has 2 saturated carbocycles. The maximum atomic E-state index is 14.5. The van der Waals surface area contributed by atoms with Crippen molar-refractivity contribution in [3.8, 4) is 11.5 Å². The van der Waals surface area contributed by atoms with Gasteiger partial charge in [0.25, 0.3) is 0 Å². The Morgan fingerprint density at radius 1 is 1.05 bits per heavy atom. The van der Waals surface area contributed by atoms with Crippen LogP contribution in [0.25, 0.3) is 0 Å². The highest BCUT2D eigenvalue weighted by atomic mass is 35.5. The van der Waals surface area contributed by atoms with E-state index in [4.69, 9.17) is 21.1 Å². The molecule has 0 radical (unpaired) electrons. The van der Waals surface area contributed by atoms with Gasteiger partial charge >= 0.3 is 0 Å². The zero-order valence-corrected chi connectivity index (χ0v) is 24.1. The minimum Gasteiger partial charge on any atom is -0.497 e. The minimum atomic E-state index is -2.68. The number of amides is 1. The first-order chi connectivity index (χ1) is 19.7. The molecule has 1 spiro atoms. The Labute approximate surface area is 246 Å². The maximum absolute atomic E-state index is 14.5. The first-order valence-electron chi connectivity index (χ1n) is 13.7. The number of hydrogen-bond donors (Lipinski definition) is 1. The van der Waals surface area contributed by atoms with Crippen molar-refractivity contribution in [3.05, 3.63) is 76.6 Å². The maximum Gasteiger partial charge on any atom is 0.248 e. The van der Waals surface area contributed by atoms with Crippen LogP contribution in [0.5, 0.6) is 11.5 Å². The summed E-state index contributed by atoms with van der Waals surface area (Å²) in [5.74, 6) is -1.92.